The SMILES string of the molecule is ONc1cc(C(F)(F)F)ncn1. The standard InChI is InChI=1S/C5H4F3N3O/c6-5(7,8)3-1-4(11-12)10-2-9-3/h1-2,12H,(H,9,10,11). The summed E-state index contributed by atoms with van der Waals surface area (Å²) in [6.07, 6.45) is -3.81. The summed E-state index contributed by atoms with van der Waals surface area (Å²) in [4.78, 5) is 6.27. The number of halogens is 3. The van der Waals surface area contributed by atoms with E-state index in [1.807, 2.05) is 0 Å². The summed E-state index contributed by atoms with van der Waals surface area (Å²) < 4.78 is 35.7. The minimum Gasteiger partial charge on any atom is -0.290 e. The summed E-state index contributed by atoms with van der Waals surface area (Å²) in [5.41, 5.74) is 0.386. The van der Waals surface area contributed by atoms with Crippen molar-refractivity contribution in [2.24, 2.45) is 0 Å². The van der Waals surface area contributed by atoms with Gasteiger partial charge in [-0.05, 0) is 0 Å². The molecule has 4 nitrogen and oxygen atoms in total. The first-order valence-electron chi connectivity index (χ1n) is 2.83. The molecule has 1 rings (SSSR count). The van der Waals surface area contributed by atoms with E-state index in [1.54, 1.807) is 0 Å². The van der Waals surface area contributed by atoms with Gasteiger partial charge >= 0.3 is 6.18 Å². The Balaban J connectivity index is 3.02. The van der Waals surface area contributed by atoms with Crippen LogP contribution in [0, 0.1) is 0 Å². The molecule has 0 aromatic carbocycles. The average Bonchev–Trinajstić information content (AvgIpc) is 2.03. The van der Waals surface area contributed by atoms with Crippen LogP contribution < -0.4 is 5.48 Å². The Bertz CT molecular complexity index is 275. The molecular weight excluding hydrogens is 175 g/mol. The molecule has 0 aliphatic rings. The maximum absolute atomic E-state index is 11.9. The average molecular weight is 179 g/mol. The fraction of sp³-hybridized carbons (Fsp3) is 0.200. The number of hydrogen-bond donors (Lipinski definition) is 2. The molecule has 0 amide bonds. The predicted octanol–water partition coefficient (Wildman–Crippen LogP) is 1.30. The maximum Gasteiger partial charge on any atom is 0.433 e. The van der Waals surface area contributed by atoms with E-state index in [4.69, 9.17) is 5.21 Å². The molecule has 1 aromatic heterocycles. The van der Waals surface area contributed by atoms with Crippen LogP contribution in [-0.2, 0) is 6.18 Å². The smallest absolute Gasteiger partial charge is 0.290 e. The van der Waals surface area contributed by atoms with Gasteiger partial charge < -0.3 is 0 Å². The van der Waals surface area contributed by atoms with Gasteiger partial charge in [-0.1, -0.05) is 0 Å². The van der Waals surface area contributed by atoms with E-state index < -0.39 is 11.9 Å². The lowest BCUT2D eigenvalue weighted by Gasteiger charge is -2.05. The summed E-state index contributed by atoms with van der Waals surface area (Å²) in [6, 6.07) is 0.597. The molecule has 0 saturated carbocycles. The number of nitrogens with zero attached hydrogens (tertiary/aromatic N) is 2. The van der Waals surface area contributed by atoms with Crippen molar-refractivity contribution in [1.29, 1.82) is 0 Å². The minimum absolute atomic E-state index is 0.294. The van der Waals surface area contributed by atoms with E-state index in [0.717, 1.165) is 0 Å². The van der Waals surface area contributed by atoms with Crippen LogP contribution in [0.3, 0.4) is 0 Å². The molecule has 0 fully saturated rings. The zero-order chi connectivity index (χ0) is 9.19. The molecule has 0 saturated heterocycles. The lowest BCUT2D eigenvalue weighted by atomic mass is 10.4. The molecule has 12 heavy (non-hydrogen) atoms. The zero-order valence-corrected chi connectivity index (χ0v) is 5.63. The van der Waals surface area contributed by atoms with Crippen molar-refractivity contribution in [1.82, 2.24) is 9.97 Å². The van der Waals surface area contributed by atoms with Gasteiger partial charge in [-0.25, -0.2) is 9.97 Å². The fourth-order valence-electron chi connectivity index (χ4n) is 0.573. The van der Waals surface area contributed by atoms with Crippen molar-refractivity contribution in [3.63, 3.8) is 0 Å². The highest BCUT2D eigenvalue weighted by Crippen LogP contribution is 2.27. The van der Waals surface area contributed by atoms with Gasteiger partial charge in [0.2, 0.25) is 0 Å². The summed E-state index contributed by atoms with van der Waals surface area (Å²) in [6.45, 7) is 0. The molecule has 0 unspecified atom stereocenters. The molecule has 0 aliphatic carbocycles. The van der Waals surface area contributed by atoms with E-state index >= 15 is 0 Å². The monoisotopic (exact) mass is 179 g/mol. The van der Waals surface area contributed by atoms with Gasteiger partial charge in [0.15, 0.2) is 5.82 Å². The zero-order valence-electron chi connectivity index (χ0n) is 5.63. The summed E-state index contributed by atoms with van der Waals surface area (Å²) in [5, 5.41) is 8.22. The molecule has 0 bridgehead atoms. The Hall–Kier alpha value is -1.37. The van der Waals surface area contributed by atoms with Crippen LogP contribution in [-0.4, -0.2) is 15.2 Å². The lowest BCUT2D eigenvalue weighted by molar-refractivity contribution is -0.141. The molecule has 0 radical (unpaired) electrons. The van der Waals surface area contributed by atoms with Crippen molar-refractivity contribution in [2.75, 3.05) is 5.48 Å². The topological polar surface area (TPSA) is 58.0 Å². The van der Waals surface area contributed by atoms with Crippen molar-refractivity contribution >= 4 is 5.82 Å². The Morgan fingerprint density at radius 2 is 2.00 bits per heavy atom. The highest BCUT2D eigenvalue weighted by molar-refractivity contribution is 5.32. The Kier molecular flexibility index (Phi) is 2.13. The van der Waals surface area contributed by atoms with Crippen LogP contribution in [0.5, 0.6) is 0 Å². The number of rotatable bonds is 1. The van der Waals surface area contributed by atoms with Gasteiger partial charge in [0.05, 0.1) is 0 Å². The molecule has 0 aliphatic heterocycles. The molecule has 7 heteroatoms. The first-order chi connectivity index (χ1) is 5.54. The highest BCUT2D eigenvalue weighted by atomic mass is 19.4. The Morgan fingerprint density at radius 1 is 1.33 bits per heavy atom. The van der Waals surface area contributed by atoms with Crippen LogP contribution in [0.2, 0.25) is 0 Å². The van der Waals surface area contributed by atoms with E-state index in [1.165, 1.54) is 5.48 Å². The van der Waals surface area contributed by atoms with Crippen molar-refractivity contribution in [3.8, 4) is 0 Å². The van der Waals surface area contributed by atoms with E-state index in [0.29, 0.717) is 12.4 Å². The number of aromatic nitrogens is 2. The van der Waals surface area contributed by atoms with E-state index in [-0.39, 0.29) is 5.82 Å². The third-order valence-electron chi connectivity index (χ3n) is 1.07. The summed E-state index contributed by atoms with van der Waals surface area (Å²) in [7, 11) is 0. The van der Waals surface area contributed by atoms with Crippen molar-refractivity contribution in [2.45, 2.75) is 6.18 Å². The van der Waals surface area contributed by atoms with Gasteiger partial charge in [0, 0.05) is 6.07 Å². The first kappa shape index (κ1) is 8.72. The van der Waals surface area contributed by atoms with E-state index in [9.17, 15) is 13.2 Å². The van der Waals surface area contributed by atoms with Gasteiger partial charge in [-0.15, -0.1) is 0 Å². The Labute approximate surface area is 65.0 Å². The van der Waals surface area contributed by atoms with Crippen LogP contribution in [0.15, 0.2) is 12.4 Å². The molecule has 0 spiro atoms. The van der Waals surface area contributed by atoms with Crippen LogP contribution >= 0.6 is 0 Å². The summed E-state index contributed by atoms with van der Waals surface area (Å²) >= 11 is 0. The first-order valence-corrected chi connectivity index (χ1v) is 2.83. The lowest BCUT2D eigenvalue weighted by Crippen LogP contribution is -2.09. The summed E-state index contributed by atoms with van der Waals surface area (Å²) in [5.74, 6) is -0.294. The minimum atomic E-state index is -4.52. The molecule has 1 heterocycles. The molecule has 2 N–H and O–H groups in total. The second kappa shape index (κ2) is 2.94. The number of alkyl halides is 3. The number of nitrogens with one attached hydrogen (secondary N) is 1. The Morgan fingerprint density at radius 3 is 2.50 bits per heavy atom. The molecule has 1 aromatic rings. The quantitative estimate of drug-likeness (QED) is 0.638. The second-order valence-corrected chi connectivity index (χ2v) is 1.90. The van der Waals surface area contributed by atoms with Crippen LogP contribution in [0.25, 0.3) is 0 Å². The number of hydrogen-bond acceptors (Lipinski definition) is 4. The van der Waals surface area contributed by atoms with Crippen LogP contribution in [0.1, 0.15) is 5.69 Å². The molecule has 0 atom stereocenters. The third-order valence-corrected chi connectivity index (χ3v) is 1.07. The van der Waals surface area contributed by atoms with Crippen LogP contribution in [0.4, 0.5) is 19.0 Å². The van der Waals surface area contributed by atoms with E-state index in [2.05, 4.69) is 9.97 Å². The van der Waals surface area contributed by atoms with Gasteiger partial charge in [0.1, 0.15) is 12.0 Å². The normalized spacial score (nSPS) is 11.3. The fourth-order valence-corrected chi connectivity index (χ4v) is 0.573. The highest BCUT2D eigenvalue weighted by Gasteiger charge is 2.32. The van der Waals surface area contributed by atoms with Crippen molar-refractivity contribution < 1.29 is 18.4 Å². The van der Waals surface area contributed by atoms with Crippen molar-refractivity contribution in [3.05, 3.63) is 18.1 Å². The number of anilines is 1. The largest absolute Gasteiger partial charge is 0.433 e. The third kappa shape index (κ3) is 1.82. The van der Waals surface area contributed by atoms with Gasteiger partial charge in [-0.2, -0.15) is 13.2 Å². The maximum atomic E-state index is 11.9. The van der Waals surface area contributed by atoms with Gasteiger partial charge in [0.25, 0.3) is 0 Å². The predicted molar refractivity (Wildman–Crippen MR) is 32.4 cm³/mol. The van der Waals surface area contributed by atoms with Gasteiger partial charge in [-0.3, -0.25) is 10.7 Å². The molecular formula is C5H4F3N3O. The molecule has 66 valence electrons. The second-order valence-electron chi connectivity index (χ2n) is 1.90.